The Balaban J connectivity index is 1.52. The van der Waals surface area contributed by atoms with Crippen molar-refractivity contribution in [1.29, 1.82) is 0 Å². The van der Waals surface area contributed by atoms with E-state index in [2.05, 4.69) is 4.98 Å². The number of H-pyrrole nitrogens is 1. The molecule has 4 fully saturated rings. The molecule has 1 heterocycles. The van der Waals surface area contributed by atoms with Gasteiger partial charge in [0.15, 0.2) is 12.3 Å². The molecule has 4 saturated carbocycles. The Kier molecular flexibility index (Phi) is 7.71. The SMILES string of the molecule is CCCCCN(C(=O)COC(=O)C12CC3CC(CC(C3)C1)C2)c1c(N)n(CCCC)c(=O)[nH]c1=O. The van der Waals surface area contributed by atoms with Gasteiger partial charge in [-0.15, -0.1) is 0 Å². The van der Waals surface area contributed by atoms with Crippen molar-refractivity contribution in [1.82, 2.24) is 9.55 Å². The van der Waals surface area contributed by atoms with Gasteiger partial charge in [0.05, 0.1) is 5.41 Å². The molecule has 4 aliphatic rings. The molecule has 4 bridgehead atoms. The summed E-state index contributed by atoms with van der Waals surface area (Å²) in [7, 11) is 0. The number of nitrogens with two attached hydrogens (primary N) is 1. The highest BCUT2D eigenvalue weighted by molar-refractivity contribution is 5.97. The smallest absolute Gasteiger partial charge is 0.330 e. The number of nitrogens with zero attached hydrogens (tertiary/aromatic N) is 2. The summed E-state index contributed by atoms with van der Waals surface area (Å²) < 4.78 is 6.95. The number of aromatic nitrogens is 2. The van der Waals surface area contributed by atoms with E-state index in [-0.39, 0.29) is 24.0 Å². The van der Waals surface area contributed by atoms with Crippen molar-refractivity contribution in [3.63, 3.8) is 0 Å². The third-order valence-electron chi connectivity index (χ3n) is 8.30. The van der Waals surface area contributed by atoms with Crippen molar-refractivity contribution in [2.24, 2.45) is 23.2 Å². The van der Waals surface area contributed by atoms with Crippen LogP contribution in [0.2, 0.25) is 0 Å². The van der Waals surface area contributed by atoms with Crippen molar-refractivity contribution in [3.05, 3.63) is 20.8 Å². The van der Waals surface area contributed by atoms with Gasteiger partial charge in [-0.1, -0.05) is 33.1 Å². The third kappa shape index (κ3) is 5.19. The molecule has 5 rings (SSSR count). The van der Waals surface area contributed by atoms with Crippen molar-refractivity contribution >= 4 is 23.4 Å². The average Bonchev–Trinajstić information content (AvgIpc) is 2.80. The van der Waals surface area contributed by atoms with Gasteiger partial charge in [-0.3, -0.25) is 23.9 Å². The van der Waals surface area contributed by atoms with E-state index < -0.39 is 29.2 Å². The molecule has 35 heavy (non-hydrogen) atoms. The van der Waals surface area contributed by atoms with Gasteiger partial charge >= 0.3 is 11.7 Å². The van der Waals surface area contributed by atoms with Crippen LogP contribution in [-0.2, 0) is 20.9 Å². The van der Waals surface area contributed by atoms with Crippen molar-refractivity contribution in [3.8, 4) is 0 Å². The topological polar surface area (TPSA) is 127 Å². The maximum Gasteiger partial charge on any atom is 0.330 e. The first-order valence-corrected chi connectivity index (χ1v) is 13.4. The number of ether oxygens (including phenoxy) is 1. The van der Waals surface area contributed by atoms with E-state index in [0.29, 0.717) is 37.1 Å². The second-order valence-corrected chi connectivity index (χ2v) is 11.0. The number of hydrogen-bond acceptors (Lipinski definition) is 6. The van der Waals surface area contributed by atoms with Crippen LogP contribution in [0.15, 0.2) is 9.59 Å². The van der Waals surface area contributed by atoms with Gasteiger partial charge in [0.1, 0.15) is 5.82 Å². The predicted octanol–water partition coefficient (Wildman–Crippen LogP) is 3.20. The molecule has 1 aromatic heterocycles. The van der Waals surface area contributed by atoms with Crippen LogP contribution in [-0.4, -0.2) is 34.6 Å². The first-order chi connectivity index (χ1) is 16.8. The maximum atomic E-state index is 13.3. The fourth-order valence-electron chi connectivity index (χ4n) is 6.98. The number of hydrogen-bond donors (Lipinski definition) is 2. The third-order valence-corrected chi connectivity index (χ3v) is 8.30. The quantitative estimate of drug-likeness (QED) is 0.364. The van der Waals surface area contributed by atoms with E-state index in [1.165, 1.54) is 28.7 Å². The van der Waals surface area contributed by atoms with Crippen LogP contribution in [0.3, 0.4) is 0 Å². The summed E-state index contributed by atoms with van der Waals surface area (Å²) >= 11 is 0. The Labute approximate surface area is 206 Å². The second kappa shape index (κ2) is 10.6. The monoisotopic (exact) mass is 488 g/mol. The molecule has 0 aliphatic heterocycles. The summed E-state index contributed by atoms with van der Waals surface area (Å²) in [6.07, 6.45) is 10.3. The van der Waals surface area contributed by atoms with E-state index >= 15 is 0 Å². The van der Waals surface area contributed by atoms with E-state index in [1.807, 2.05) is 13.8 Å². The highest BCUT2D eigenvalue weighted by Crippen LogP contribution is 2.60. The van der Waals surface area contributed by atoms with E-state index in [1.54, 1.807) is 0 Å². The second-order valence-electron chi connectivity index (χ2n) is 11.0. The van der Waals surface area contributed by atoms with E-state index in [9.17, 15) is 19.2 Å². The zero-order chi connectivity index (χ0) is 25.2. The summed E-state index contributed by atoms with van der Waals surface area (Å²) in [4.78, 5) is 55.3. The lowest BCUT2D eigenvalue weighted by atomic mass is 9.49. The Morgan fingerprint density at radius 3 is 2.20 bits per heavy atom. The molecule has 0 saturated heterocycles. The van der Waals surface area contributed by atoms with Gasteiger partial charge < -0.3 is 15.4 Å². The van der Waals surface area contributed by atoms with Gasteiger partial charge in [0.25, 0.3) is 11.5 Å². The minimum Gasteiger partial charge on any atom is -0.455 e. The van der Waals surface area contributed by atoms with Crippen molar-refractivity contribution < 1.29 is 14.3 Å². The Morgan fingerprint density at radius 2 is 1.63 bits per heavy atom. The minimum atomic E-state index is -0.697. The van der Waals surface area contributed by atoms with E-state index in [0.717, 1.165) is 38.5 Å². The van der Waals surface area contributed by atoms with Gasteiger partial charge in [0.2, 0.25) is 0 Å². The molecule has 3 N–H and O–H groups in total. The number of unbranched alkanes of at least 4 members (excludes halogenated alkanes) is 3. The summed E-state index contributed by atoms with van der Waals surface area (Å²) in [5, 5.41) is 0. The van der Waals surface area contributed by atoms with Crippen LogP contribution >= 0.6 is 0 Å². The number of anilines is 2. The molecule has 1 amide bonds. The van der Waals surface area contributed by atoms with Crippen LogP contribution in [0.4, 0.5) is 11.5 Å². The number of nitrogens with one attached hydrogen (secondary N) is 1. The van der Waals surface area contributed by atoms with Crippen LogP contribution in [0, 0.1) is 23.2 Å². The number of carbonyl (C=O) groups excluding carboxylic acids is 2. The van der Waals surface area contributed by atoms with Crippen LogP contribution in [0.25, 0.3) is 0 Å². The average molecular weight is 489 g/mol. The van der Waals surface area contributed by atoms with Gasteiger partial charge in [-0.05, 0) is 69.1 Å². The molecular formula is C26H40N4O5. The van der Waals surface area contributed by atoms with Crippen LogP contribution < -0.4 is 21.9 Å². The number of aromatic amines is 1. The molecule has 1 aromatic rings. The summed E-state index contributed by atoms with van der Waals surface area (Å²) in [6, 6.07) is 0. The molecule has 0 spiro atoms. The van der Waals surface area contributed by atoms with Crippen molar-refractivity contribution in [2.45, 2.75) is 91.0 Å². The maximum absolute atomic E-state index is 13.3. The Morgan fingerprint density at radius 1 is 1.03 bits per heavy atom. The molecule has 9 heteroatoms. The normalized spacial score (nSPS) is 26.6. The first kappa shape index (κ1) is 25.5. The predicted molar refractivity (Wildman–Crippen MR) is 134 cm³/mol. The lowest BCUT2D eigenvalue weighted by Gasteiger charge is -2.55. The fraction of sp³-hybridized carbons (Fsp3) is 0.769. The molecule has 0 radical (unpaired) electrons. The highest BCUT2D eigenvalue weighted by Gasteiger charge is 2.55. The molecule has 0 unspecified atom stereocenters. The molecular weight excluding hydrogens is 448 g/mol. The molecule has 0 atom stereocenters. The zero-order valence-electron chi connectivity index (χ0n) is 21.1. The standard InChI is InChI=1S/C26H40N4O5/c1-3-5-7-9-29(21-22(27)30(8-6-4-2)25(34)28-23(21)32)20(31)16-35-24(33)26-13-17-10-18(14-26)12-19(11-17)15-26/h17-19H,3-16,27H2,1-2H3,(H,28,32,34). The van der Waals surface area contributed by atoms with Crippen molar-refractivity contribution in [2.75, 3.05) is 23.8 Å². The summed E-state index contributed by atoms with van der Waals surface area (Å²) in [6.45, 7) is 4.22. The highest BCUT2D eigenvalue weighted by atomic mass is 16.5. The number of rotatable bonds is 11. The van der Waals surface area contributed by atoms with Gasteiger partial charge in [-0.25, -0.2) is 4.79 Å². The lowest BCUT2D eigenvalue weighted by molar-refractivity contribution is -0.172. The largest absolute Gasteiger partial charge is 0.455 e. The summed E-state index contributed by atoms with van der Waals surface area (Å²) in [5.74, 6) is 1.00. The molecule has 4 aliphatic carbocycles. The van der Waals surface area contributed by atoms with Gasteiger partial charge in [-0.2, -0.15) is 0 Å². The Hall–Kier alpha value is -2.58. The first-order valence-electron chi connectivity index (χ1n) is 13.4. The number of amides is 1. The number of esters is 1. The molecule has 0 aromatic carbocycles. The number of carbonyl (C=O) groups is 2. The summed E-state index contributed by atoms with van der Waals surface area (Å²) in [5.41, 5.74) is 4.50. The Bertz CT molecular complexity index is 1020. The van der Waals surface area contributed by atoms with E-state index in [4.69, 9.17) is 10.5 Å². The number of nitrogen functional groups attached to an aromatic ring is 1. The zero-order valence-corrected chi connectivity index (χ0v) is 21.1. The van der Waals surface area contributed by atoms with Crippen LogP contribution in [0.5, 0.6) is 0 Å². The minimum absolute atomic E-state index is 0.0236. The molecule has 9 nitrogen and oxygen atoms in total. The lowest BCUT2D eigenvalue weighted by Crippen LogP contribution is -2.51. The van der Waals surface area contributed by atoms with Gasteiger partial charge in [0, 0.05) is 13.1 Å². The molecule has 194 valence electrons. The fourth-order valence-corrected chi connectivity index (χ4v) is 6.98. The van der Waals surface area contributed by atoms with Crippen LogP contribution in [0.1, 0.15) is 84.5 Å².